The molecular formula is C28H22N2. The highest BCUT2D eigenvalue weighted by Crippen LogP contribution is 2.39. The number of fused-ring (bicyclic) bond motifs is 1. The van der Waals surface area contributed by atoms with E-state index in [4.69, 9.17) is 5.73 Å². The lowest BCUT2D eigenvalue weighted by molar-refractivity contribution is 1.28. The van der Waals surface area contributed by atoms with Crippen LogP contribution < -0.4 is 10.6 Å². The number of nitrogens with two attached hydrogens (primary N) is 1. The van der Waals surface area contributed by atoms with E-state index in [1.54, 1.807) is 0 Å². The zero-order valence-corrected chi connectivity index (χ0v) is 16.6. The van der Waals surface area contributed by atoms with Gasteiger partial charge in [0.25, 0.3) is 0 Å². The van der Waals surface area contributed by atoms with Gasteiger partial charge in [0.05, 0.1) is 0 Å². The second-order valence-electron chi connectivity index (χ2n) is 7.30. The number of para-hydroxylation sites is 2. The van der Waals surface area contributed by atoms with Crippen molar-refractivity contribution in [3.63, 3.8) is 0 Å². The third-order valence-corrected chi connectivity index (χ3v) is 5.40. The maximum atomic E-state index is 6.47. The molecule has 0 saturated carbocycles. The van der Waals surface area contributed by atoms with Crippen LogP contribution in [-0.4, -0.2) is 0 Å². The number of nitrogen functional groups attached to an aromatic ring is 1. The molecule has 144 valence electrons. The Hall–Kier alpha value is -4.04. The molecule has 0 saturated heterocycles. The van der Waals surface area contributed by atoms with Gasteiger partial charge in [-0.15, -0.1) is 0 Å². The minimum atomic E-state index is 0.774. The summed E-state index contributed by atoms with van der Waals surface area (Å²) in [6, 6.07) is 41.9. The van der Waals surface area contributed by atoms with E-state index in [2.05, 4.69) is 108 Å². The fourth-order valence-electron chi connectivity index (χ4n) is 3.98. The molecule has 30 heavy (non-hydrogen) atoms. The van der Waals surface area contributed by atoms with Crippen molar-refractivity contribution in [3.8, 4) is 11.1 Å². The van der Waals surface area contributed by atoms with E-state index in [-0.39, 0.29) is 0 Å². The molecule has 0 aliphatic rings. The lowest BCUT2D eigenvalue weighted by atomic mass is 9.96. The van der Waals surface area contributed by atoms with Crippen LogP contribution in [0.5, 0.6) is 0 Å². The van der Waals surface area contributed by atoms with Gasteiger partial charge in [-0.2, -0.15) is 0 Å². The Labute approximate surface area is 176 Å². The van der Waals surface area contributed by atoms with Gasteiger partial charge in [-0.3, -0.25) is 0 Å². The van der Waals surface area contributed by atoms with Crippen molar-refractivity contribution < 1.29 is 0 Å². The maximum Gasteiger partial charge on any atom is 0.0469 e. The van der Waals surface area contributed by atoms with Gasteiger partial charge in [-0.25, -0.2) is 0 Å². The smallest absolute Gasteiger partial charge is 0.0469 e. The molecule has 5 aromatic rings. The number of rotatable bonds is 4. The summed E-state index contributed by atoms with van der Waals surface area (Å²) < 4.78 is 0. The predicted molar refractivity (Wildman–Crippen MR) is 128 cm³/mol. The Kier molecular flexibility index (Phi) is 4.66. The standard InChI is InChI=1S/C28H22N2/c29-28-19-18-24(20-27(28)26-17-9-11-21-10-7-8-16-25(21)26)30(22-12-3-1-4-13-22)23-14-5-2-6-15-23/h1-20H,29H2. The first-order chi connectivity index (χ1) is 14.8. The van der Waals surface area contributed by atoms with Crippen LogP contribution in [0.25, 0.3) is 21.9 Å². The van der Waals surface area contributed by atoms with Crippen molar-refractivity contribution in [2.45, 2.75) is 0 Å². The minimum Gasteiger partial charge on any atom is -0.398 e. The third-order valence-electron chi connectivity index (χ3n) is 5.40. The van der Waals surface area contributed by atoms with Crippen LogP contribution in [0.2, 0.25) is 0 Å². The lowest BCUT2D eigenvalue weighted by Crippen LogP contribution is -2.10. The summed E-state index contributed by atoms with van der Waals surface area (Å²) in [6.07, 6.45) is 0. The number of hydrogen-bond donors (Lipinski definition) is 1. The Balaban J connectivity index is 1.71. The van der Waals surface area contributed by atoms with Gasteiger partial charge >= 0.3 is 0 Å². The van der Waals surface area contributed by atoms with Crippen LogP contribution in [0, 0.1) is 0 Å². The molecule has 0 aliphatic carbocycles. The van der Waals surface area contributed by atoms with Crippen LogP contribution in [0.4, 0.5) is 22.7 Å². The summed E-state index contributed by atoms with van der Waals surface area (Å²) in [5.41, 5.74) is 12.7. The second-order valence-corrected chi connectivity index (χ2v) is 7.30. The van der Waals surface area contributed by atoms with E-state index in [0.29, 0.717) is 0 Å². The van der Waals surface area contributed by atoms with E-state index >= 15 is 0 Å². The van der Waals surface area contributed by atoms with Crippen molar-refractivity contribution in [2.75, 3.05) is 10.6 Å². The zero-order valence-electron chi connectivity index (χ0n) is 16.6. The average molecular weight is 386 g/mol. The van der Waals surface area contributed by atoms with E-state index in [0.717, 1.165) is 33.9 Å². The first-order valence-electron chi connectivity index (χ1n) is 10.1. The van der Waals surface area contributed by atoms with E-state index < -0.39 is 0 Å². The molecule has 5 rings (SSSR count). The summed E-state index contributed by atoms with van der Waals surface area (Å²) >= 11 is 0. The average Bonchev–Trinajstić information content (AvgIpc) is 2.81. The van der Waals surface area contributed by atoms with Crippen LogP contribution in [0.1, 0.15) is 0 Å². The fraction of sp³-hybridized carbons (Fsp3) is 0. The molecule has 0 amide bonds. The summed E-state index contributed by atoms with van der Waals surface area (Å²) in [4.78, 5) is 2.26. The quantitative estimate of drug-likeness (QED) is 0.323. The molecule has 0 heterocycles. The molecule has 2 nitrogen and oxygen atoms in total. The maximum absolute atomic E-state index is 6.47. The highest BCUT2D eigenvalue weighted by Gasteiger charge is 2.15. The summed E-state index contributed by atoms with van der Waals surface area (Å²) in [5.74, 6) is 0. The summed E-state index contributed by atoms with van der Waals surface area (Å²) in [5, 5.41) is 2.41. The molecule has 0 radical (unpaired) electrons. The van der Waals surface area contributed by atoms with Gasteiger partial charge in [0.2, 0.25) is 0 Å². The first kappa shape index (κ1) is 18.0. The highest BCUT2D eigenvalue weighted by atomic mass is 15.1. The first-order valence-corrected chi connectivity index (χ1v) is 10.1. The number of nitrogens with zero attached hydrogens (tertiary/aromatic N) is 1. The Morgan fingerprint density at radius 3 is 1.77 bits per heavy atom. The van der Waals surface area contributed by atoms with Gasteiger partial charge in [0.1, 0.15) is 0 Å². The van der Waals surface area contributed by atoms with Crippen molar-refractivity contribution in [1.29, 1.82) is 0 Å². The van der Waals surface area contributed by atoms with Crippen LogP contribution in [0.3, 0.4) is 0 Å². The van der Waals surface area contributed by atoms with Crippen molar-refractivity contribution >= 4 is 33.5 Å². The molecule has 2 heteroatoms. The van der Waals surface area contributed by atoms with E-state index in [1.165, 1.54) is 10.8 Å². The van der Waals surface area contributed by atoms with Crippen molar-refractivity contribution in [2.24, 2.45) is 0 Å². The second kappa shape index (κ2) is 7.76. The van der Waals surface area contributed by atoms with Crippen molar-refractivity contribution in [1.82, 2.24) is 0 Å². The molecule has 0 unspecified atom stereocenters. The molecule has 5 aromatic carbocycles. The zero-order chi connectivity index (χ0) is 20.3. The van der Waals surface area contributed by atoms with Crippen LogP contribution in [0.15, 0.2) is 121 Å². The SMILES string of the molecule is Nc1ccc(N(c2ccccc2)c2ccccc2)cc1-c1cccc2ccccc12. The Bertz CT molecular complexity index is 1250. The van der Waals surface area contributed by atoms with Gasteiger partial charge < -0.3 is 10.6 Å². The van der Waals surface area contributed by atoms with Gasteiger partial charge in [-0.1, -0.05) is 78.9 Å². The predicted octanol–water partition coefficient (Wildman–Crippen LogP) is 7.56. The van der Waals surface area contributed by atoms with E-state index in [9.17, 15) is 0 Å². The van der Waals surface area contributed by atoms with Gasteiger partial charge in [0.15, 0.2) is 0 Å². The topological polar surface area (TPSA) is 29.3 Å². The lowest BCUT2D eigenvalue weighted by Gasteiger charge is -2.26. The minimum absolute atomic E-state index is 0.774. The molecule has 0 spiro atoms. The molecule has 0 aliphatic heterocycles. The van der Waals surface area contributed by atoms with Crippen molar-refractivity contribution in [3.05, 3.63) is 121 Å². The van der Waals surface area contributed by atoms with Crippen LogP contribution >= 0.6 is 0 Å². The Morgan fingerprint density at radius 2 is 1.07 bits per heavy atom. The fourth-order valence-corrected chi connectivity index (χ4v) is 3.98. The monoisotopic (exact) mass is 386 g/mol. The Morgan fingerprint density at radius 1 is 0.467 bits per heavy atom. The summed E-state index contributed by atoms with van der Waals surface area (Å²) in [7, 11) is 0. The molecule has 0 fully saturated rings. The molecular weight excluding hydrogens is 364 g/mol. The number of anilines is 4. The van der Waals surface area contributed by atoms with Gasteiger partial charge in [-0.05, 0) is 58.8 Å². The third kappa shape index (κ3) is 3.29. The van der Waals surface area contributed by atoms with E-state index in [1.807, 2.05) is 18.2 Å². The summed E-state index contributed by atoms with van der Waals surface area (Å²) in [6.45, 7) is 0. The largest absolute Gasteiger partial charge is 0.398 e. The molecule has 0 bridgehead atoms. The number of hydrogen-bond acceptors (Lipinski definition) is 2. The molecule has 0 atom stereocenters. The number of benzene rings is 5. The van der Waals surface area contributed by atoms with Gasteiger partial charge in [0, 0.05) is 28.3 Å². The molecule has 2 N–H and O–H groups in total. The normalized spacial score (nSPS) is 10.8. The highest BCUT2D eigenvalue weighted by molar-refractivity contribution is 6.00. The van der Waals surface area contributed by atoms with Crippen LogP contribution in [-0.2, 0) is 0 Å². The molecule has 0 aromatic heterocycles.